The van der Waals surface area contributed by atoms with E-state index in [2.05, 4.69) is 0 Å². The normalized spacial score (nSPS) is 55.8. The second-order valence-electron chi connectivity index (χ2n) is 15.7. The van der Waals surface area contributed by atoms with Crippen LogP contribution in [-0.2, 0) is 52.3 Å². The lowest BCUT2D eigenvalue weighted by Gasteiger charge is -2.65. The van der Waals surface area contributed by atoms with Gasteiger partial charge in [-0.25, -0.2) is 0 Å². The summed E-state index contributed by atoms with van der Waals surface area (Å²) in [5, 5.41) is 36.4. The van der Waals surface area contributed by atoms with Gasteiger partial charge in [0.15, 0.2) is 11.9 Å². The van der Waals surface area contributed by atoms with E-state index < -0.39 is 112 Å². The predicted octanol–water partition coefficient (Wildman–Crippen LogP) is 0.334. The topological polar surface area (TPSA) is 189 Å². The lowest BCUT2D eigenvalue weighted by atomic mass is 9.38. The molecule has 7 fully saturated rings. The van der Waals surface area contributed by atoms with Crippen LogP contribution in [0.15, 0.2) is 12.3 Å². The zero-order valence-corrected chi connectivity index (χ0v) is 27.4. The van der Waals surface area contributed by atoms with E-state index in [1.54, 1.807) is 13.0 Å². The Bertz CT molecular complexity index is 1430. The molecular formula is C33H44O14. The van der Waals surface area contributed by atoms with Crippen molar-refractivity contribution < 1.29 is 67.6 Å². The third-order valence-corrected chi connectivity index (χ3v) is 13.4. The van der Waals surface area contributed by atoms with Gasteiger partial charge in [-0.2, -0.15) is 0 Å². The molecule has 8 rings (SSSR count). The van der Waals surface area contributed by atoms with E-state index >= 15 is 0 Å². The number of hydrogen-bond acceptors (Lipinski definition) is 14. The molecule has 0 unspecified atom stereocenters. The number of methoxy groups -OCH3 is 1. The quantitative estimate of drug-likeness (QED) is 0.200. The molecule has 0 radical (unpaired) electrons. The van der Waals surface area contributed by atoms with Gasteiger partial charge in [-0.1, -0.05) is 20.8 Å². The molecule has 0 aromatic heterocycles. The van der Waals surface area contributed by atoms with E-state index in [0.29, 0.717) is 6.42 Å². The number of epoxide rings is 1. The summed E-state index contributed by atoms with van der Waals surface area (Å²) in [6.07, 6.45) is -4.42. The van der Waals surface area contributed by atoms with Gasteiger partial charge in [-0.3, -0.25) is 14.4 Å². The van der Waals surface area contributed by atoms with Crippen molar-refractivity contribution >= 4 is 17.9 Å². The number of hydrogen-bond donors (Lipinski definition) is 3. The van der Waals surface area contributed by atoms with Crippen LogP contribution in [0.3, 0.4) is 0 Å². The number of ether oxygens (including phenoxy) is 8. The molecule has 14 nitrogen and oxygen atoms in total. The van der Waals surface area contributed by atoms with Crippen molar-refractivity contribution in [2.45, 2.75) is 114 Å². The van der Waals surface area contributed by atoms with Gasteiger partial charge in [0.1, 0.15) is 28.8 Å². The van der Waals surface area contributed by atoms with Crippen LogP contribution < -0.4 is 0 Å². The summed E-state index contributed by atoms with van der Waals surface area (Å²) >= 11 is 0. The van der Waals surface area contributed by atoms with Crippen molar-refractivity contribution in [3.63, 3.8) is 0 Å². The second kappa shape index (κ2) is 9.67. The van der Waals surface area contributed by atoms with Crippen molar-refractivity contribution in [3.8, 4) is 0 Å². The number of carbonyl (C=O) groups excluding carboxylic acids is 3. The first-order valence-electron chi connectivity index (χ1n) is 16.5. The van der Waals surface area contributed by atoms with Crippen molar-refractivity contribution in [1.29, 1.82) is 0 Å². The first-order valence-corrected chi connectivity index (χ1v) is 16.5. The Morgan fingerprint density at radius 3 is 2.45 bits per heavy atom. The molecule has 1 spiro atoms. The van der Waals surface area contributed by atoms with Gasteiger partial charge in [-0.05, 0) is 25.3 Å². The van der Waals surface area contributed by atoms with Crippen LogP contribution in [0.25, 0.3) is 0 Å². The van der Waals surface area contributed by atoms with Gasteiger partial charge in [0.25, 0.3) is 0 Å². The highest BCUT2D eigenvalue weighted by Crippen LogP contribution is 2.82. The standard InChI is InChI=1S/C33H44O14/c1-14(2)9-20(35)45-17-11-18(44-15(3)34)31(26(38)40-6)13-42-21-22(31)30(17)12-43-25(37)23(30)28(4,24(21)36)33-19-10-16(29(33,5)47-33)32(39)7-8-41-27(32)46-19/h7-8,14,16-19,21-25,27,36-37,39H,9-13H2,1-6H3/t16-,17+,18+,19-,21+,22-,23-,24+,25-,27-,28-,29-,30-,31-,32+,33-/m0/s1. The first kappa shape index (κ1) is 31.9. The van der Waals surface area contributed by atoms with E-state index in [1.807, 2.05) is 20.8 Å². The lowest BCUT2D eigenvalue weighted by molar-refractivity contribution is -0.302. The van der Waals surface area contributed by atoms with Crippen LogP contribution in [-0.4, -0.2) is 113 Å². The summed E-state index contributed by atoms with van der Waals surface area (Å²) in [4.78, 5) is 39.9. The van der Waals surface area contributed by atoms with Crippen molar-refractivity contribution in [2.75, 3.05) is 20.3 Å². The second-order valence-corrected chi connectivity index (χ2v) is 15.7. The van der Waals surface area contributed by atoms with Crippen LogP contribution in [0, 0.1) is 39.9 Å². The number of carbonyl (C=O) groups is 3. The average Bonchev–Trinajstić information content (AvgIpc) is 3.39. The Kier molecular flexibility index (Phi) is 6.57. The SMILES string of the molecule is COC(=O)[C@]12CO[C@@H]3[C@H]1[C@]1(CO[C@H](O)[C@H]1[C@](C)([C@]14O[C@@]1(C)[C@@H]1C[C@@H]4O[C@@H]4OC=C[C@]41O)[C@@H]3O)[C@H](OC(=O)CC(C)C)C[C@H]2OC(C)=O. The molecule has 8 aliphatic rings. The maximum Gasteiger partial charge on any atom is 0.318 e. The molecule has 0 amide bonds. The number of aliphatic hydroxyl groups excluding tert-OH is 2. The van der Waals surface area contributed by atoms with E-state index in [4.69, 9.17) is 37.9 Å². The monoisotopic (exact) mass is 664 g/mol. The molecule has 4 saturated heterocycles. The summed E-state index contributed by atoms with van der Waals surface area (Å²) in [5.74, 6) is -4.35. The summed E-state index contributed by atoms with van der Waals surface area (Å²) in [5.41, 5.74) is -8.17. The van der Waals surface area contributed by atoms with Crippen LogP contribution in [0.5, 0.6) is 0 Å². The maximum absolute atomic E-state index is 14.0. The van der Waals surface area contributed by atoms with Gasteiger partial charge in [-0.15, -0.1) is 0 Å². The van der Waals surface area contributed by atoms with Crippen LogP contribution in [0.4, 0.5) is 0 Å². The zero-order valence-electron chi connectivity index (χ0n) is 27.4. The molecule has 0 aromatic carbocycles. The van der Waals surface area contributed by atoms with Crippen molar-refractivity contribution in [3.05, 3.63) is 12.3 Å². The third kappa shape index (κ3) is 3.43. The van der Waals surface area contributed by atoms with Crippen molar-refractivity contribution in [1.82, 2.24) is 0 Å². The first-order chi connectivity index (χ1) is 22.1. The smallest absolute Gasteiger partial charge is 0.318 e. The molecule has 260 valence electrons. The number of fused-ring (bicyclic) bond motifs is 7. The molecular weight excluding hydrogens is 620 g/mol. The molecule has 3 saturated carbocycles. The Morgan fingerprint density at radius 2 is 1.77 bits per heavy atom. The zero-order chi connectivity index (χ0) is 33.7. The van der Waals surface area contributed by atoms with E-state index in [9.17, 15) is 29.7 Å². The van der Waals surface area contributed by atoms with Gasteiger partial charge in [0, 0.05) is 48.3 Å². The average molecular weight is 665 g/mol. The predicted molar refractivity (Wildman–Crippen MR) is 153 cm³/mol. The minimum absolute atomic E-state index is 0.0276. The van der Waals surface area contributed by atoms with Gasteiger partial charge < -0.3 is 53.2 Å². The lowest BCUT2D eigenvalue weighted by Crippen LogP contribution is -2.77. The molecule has 2 bridgehead atoms. The molecule has 5 heterocycles. The van der Waals surface area contributed by atoms with Gasteiger partial charge in [0.2, 0.25) is 6.29 Å². The summed E-state index contributed by atoms with van der Waals surface area (Å²) in [6, 6.07) is 0. The maximum atomic E-state index is 14.0. The summed E-state index contributed by atoms with van der Waals surface area (Å²) in [6.45, 7) is 8.26. The largest absolute Gasteiger partial charge is 0.469 e. The van der Waals surface area contributed by atoms with E-state index in [1.165, 1.54) is 20.3 Å². The van der Waals surface area contributed by atoms with E-state index in [-0.39, 0.29) is 32.0 Å². The van der Waals surface area contributed by atoms with E-state index in [0.717, 1.165) is 0 Å². The highest BCUT2D eigenvalue weighted by Gasteiger charge is 2.95. The molecule has 14 heteroatoms. The molecule has 47 heavy (non-hydrogen) atoms. The number of rotatable bonds is 6. The van der Waals surface area contributed by atoms with Crippen LogP contribution in [0.1, 0.15) is 53.9 Å². The molecule has 3 aliphatic carbocycles. The summed E-state index contributed by atoms with van der Waals surface area (Å²) in [7, 11) is 1.23. The summed E-state index contributed by atoms with van der Waals surface area (Å²) < 4.78 is 48.8. The Labute approximate surface area is 271 Å². The van der Waals surface area contributed by atoms with Gasteiger partial charge in [0.05, 0.1) is 44.9 Å². The number of esters is 3. The fraction of sp³-hybridized carbons (Fsp3) is 0.848. The molecule has 5 aliphatic heterocycles. The fourth-order valence-electron chi connectivity index (χ4n) is 11.9. The molecule has 3 N–H and O–H groups in total. The molecule has 0 aromatic rings. The fourth-order valence-corrected chi connectivity index (χ4v) is 11.9. The Morgan fingerprint density at radius 1 is 1.02 bits per heavy atom. The van der Waals surface area contributed by atoms with Crippen molar-refractivity contribution in [2.24, 2.45) is 39.9 Å². The Balaban J connectivity index is 1.32. The minimum Gasteiger partial charge on any atom is -0.469 e. The highest BCUT2D eigenvalue weighted by atomic mass is 16.7. The Hall–Kier alpha value is -2.33. The van der Waals surface area contributed by atoms with Crippen LogP contribution in [0.2, 0.25) is 0 Å². The highest BCUT2D eigenvalue weighted by molar-refractivity contribution is 5.80. The molecule has 16 atom stereocenters. The minimum atomic E-state index is -1.61. The third-order valence-electron chi connectivity index (χ3n) is 13.4. The van der Waals surface area contributed by atoms with Gasteiger partial charge >= 0.3 is 17.9 Å². The number of aliphatic hydroxyl groups is 3. The van der Waals surface area contributed by atoms with Crippen LogP contribution >= 0.6 is 0 Å².